The lowest BCUT2D eigenvalue weighted by atomic mass is 9.95. The predicted octanol–water partition coefficient (Wildman–Crippen LogP) is 1.90. The Kier molecular flexibility index (Phi) is 7.60. The monoisotopic (exact) mass is 423 g/mol. The van der Waals surface area contributed by atoms with E-state index >= 15 is 0 Å². The quantitative estimate of drug-likeness (QED) is 0.742. The molecule has 1 aliphatic heterocycles. The first-order valence-corrected chi connectivity index (χ1v) is 10.5. The highest BCUT2D eigenvalue weighted by molar-refractivity contribution is 7.89. The minimum atomic E-state index is -3.44. The van der Waals surface area contributed by atoms with Gasteiger partial charge in [0.15, 0.2) is 0 Å². The molecule has 0 aromatic heterocycles. The smallest absolute Gasteiger partial charge is 0.240 e. The molecule has 1 saturated heterocycles. The number of sulfonamides is 1. The number of halogens is 1. The average molecular weight is 424 g/mol. The van der Waals surface area contributed by atoms with Crippen molar-refractivity contribution >= 4 is 28.3 Å². The fourth-order valence-electron chi connectivity index (χ4n) is 3.45. The number of likely N-dealkylation sites (tertiary alicyclic amines) is 1. The van der Waals surface area contributed by atoms with Crippen LogP contribution in [0.2, 0.25) is 0 Å². The van der Waals surface area contributed by atoms with E-state index in [1.807, 2.05) is 23.1 Å². The van der Waals surface area contributed by atoms with E-state index in [1.165, 1.54) is 12.6 Å². The van der Waals surface area contributed by atoms with Crippen LogP contribution in [0.3, 0.4) is 0 Å². The third-order valence-electron chi connectivity index (χ3n) is 5.08. The molecule has 8 heteroatoms. The van der Waals surface area contributed by atoms with Crippen molar-refractivity contribution in [2.75, 3.05) is 20.1 Å². The summed E-state index contributed by atoms with van der Waals surface area (Å²) in [5.41, 5.74) is 8.36. The fraction of sp³-hybridized carbons (Fsp3) is 0.350. The van der Waals surface area contributed by atoms with E-state index in [2.05, 4.69) is 16.9 Å². The Morgan fingerprint density at radius 1 is 1.11 bits per heavy atom. The van der Waals surface area contributed by atoms with Crippen LogP contribution in [0.5, 0.6) is 0 Å². The highest BCUT2D eigenvalue weighted by Crippen LogP contribution is 2.27. The Morgan fingerprint density at radius 3 is 2.36 bits per heavy atom. The lowest BCUT2D eigenvalue weighted by Crippen LogP contribution is -2.32. The van der Waals surface area contributed by atoms with Gasteiger partial charge in [-0.1, -0.05) is 42.5 Å². The summed E-state index contributed by atoms with van der Waals surface area (Å²) in [6.45, 7) is 1.21. The molecule has 6 nitrogen and oxygen atoms in total. The van der Waals surface area contributed by atoms with Gasteiger partial charge in [0.05, 0.1) is 4.90 Å². The van der Waals surface area contributed by atoms with Crippen LogP contribution < -0.4 is 10.5 Å². The Morgan fingerprint density at radius 2 is 1.75 bits per heavy atom. The third kappa shape index (κ3) is 5.11. The van der Waals surface area contributed by atoms with Crippen molar-refractivity contribution in [3.8, 4) is 0 Å². The number of benzene rings is 2. The number of nitrogens with zero attached hydrogens (tertiary/aromatic N) is 1. The molecule has 28 heavy (non-hydrogen) atoms. The van der Waals surface area contributed by atoms with Crippen LogP contribution in [0.1, 0.15) is 23.5 Å². The van der Waals surface area contributed by atoms with Crippen LogP contribution in [0.15, 0.2) is 59.5 Å². The molecule has 0 bridgehead atoms. The van der Waals surface area contributed by atoms with Crippen LogP contribution in [-0.2, 0) is 21.2 Å². The topological polar surface area (TPSA) is 92.5 Å². The zero-order valence-electron chi connectivity index (χ0n) is 15.7. The number of carbonyl (C=O) groups excluding carboxylic acids is 1. The number of hydrogen-bond acceptors (Lipinski definition) is 4. The van der Waals surface area contributed by atoms with Gasteiger partial charge >= 0.3 is 0 Å². The van der Waals surface area contributed by atoms with E-state index in [-0.39, 0.29) is 35.2 Å². The van der Waals surface area contributed by atoms with Crippen molar-refractivity contribution in [1.82, 2.24) is 9.62 Å². The van der Waals surface area contributed by atoms with Crippen molar-refractivity contribution in [2.24, 2.45) is 5.73 Å². The van der Waals surface area contributed by atoms with E-state index in [1.54, 1.807) is 24.3 Å². The summed E-state index contributed by atoms with van der Waals surface area (Å²) in [4.78, 5) is 14.6. The van der Waals surface area contributed by atoms with E-state index in [0.717, 1.165) is 5.56 Å². The Hall–Kier alpha value is -1.93. The van der Waals surface area contributed by atoms with Gasteiger partial charge in [-0.25, -0.2) is 13.1 Å². The summed E-state index contributed by atoms with van der Waals surface area (Å²) in [6.07, 6.45) is 0.951. The number of carbonyl (C=O) groups is 1. The van der Waals surface area contributed by atoms with Gasteiger partial charge in [0.25, 0.3) is 0 Å². The van der Waals surface area contributed by atoms with E-state index in [4.69, 9.17) is 5.73 Å². The summed E-state index contributed by atoms with van der Waals surface area (Å²) >= 11 is 0. The zero-order valence-corrected chi connectivity index (χ0v) is 17.4. The van der Waals surface area contributed by atoms with Crippen LogP contribution in [0.25, 0.3) is 0 Å². The fourth-order valence-corrected chi connectivity index (χ4v) is 4.18. The van der Waals surface area contributed by atoms with Crippen molar-refractivity contribution in [1.29, 1.82) is 0 Å². The molecule has 0 saturated carbocycles. The maximum absolute atomic E-state index is 12.6. The molecule has 2 aromatic carbocycles. The number of nitrogens with one attached hydrogen (secondary N) is 1. The molecule has 2 atom stereocenters. The molecule has 0 spiro atoms. The standard InChI is InChI=1S/C20H25N3O3S.ClH/c1-22-27(25,26)17-10-7-15(8-11-17)9-12-20(24)23-13-18(19(21)14-23)16-5-3-2-4-6-16;/h2-8,10-11,18-19,22H,9,12-14,21H2,1H3;1H/t18-,19+;/m0./s1. The molecule has 0 aliphatic carbocycles. The first kappa shape index (κ1) is 22.4. The second kappa shape index (κ2) is 9.52. The van der Waals surface area contributed by atoms with Crippen LogP contribution in [0, 0.1) is 0 Å². The Bertz CT molecular complexity index is 889. The summed E-state index contributed by atoms with van der Waals surface area (Å²) in [7, 11) is -2.06. The van der Waals surface area contributed by atoms with Crippen molar-refractivity contribution in [2.45, 2.75) is 29.7 Å². The molecule has 1 fully saturated rings. The van der Waals surface area contributed by atoms with Crippen molar-refractivity contribution < 1.29 is 13.2 Å². The van der Waals surface area contributed by atoms with Gasteiger partial charge < -0.3 is 10.6 Å². The van der Waals surface area contributed by atoms with E-state index in [0.29, 0.717) is 25.9 Å². The highest BCUT2D eigenvalue weighted by atomic mass is 35.5. The van der Waals surface area contributed by atoms with Crippen LogP contribution in [0.4, 0.5) is 0 Å². The normalized spacial score (nSPS) is 19.3. The van der Waals surface area contributed by atoms with Gasteiger partial charge in [0.2, 0.25) is 15.9 Å². The SMILES string of the molecule is CNS(=O)(=O)c1ccc(CCC(=O)N2C[C@@H](N)[C@H](c3ccccc3)C2)cc1.Cl. The van der Waals surface area contributed by atoms with E-state index in [9.17, 15) is 13.2 Å². The lowest BCUT2D eigenvalue weighted by Gasteiger charge is -2.16. The van der Waals surface area contributed by atoms with Crippen LogP contribution >= 0.6 is 12.4 Å². The molecule has 3 rings (SSSR count). The Labute approximate surface area is 172 Å². The zero-order chi connectivity index (χ0) is 19.4. The minimum absolute atomic E-state index is 0. The lowest BCUT2D eigenvalue weighted by molar-refractivity contribution is -0.130. The molecule has 0 radical (unpaired) electrons. The first-order chi connectivity index (χ1) is 12.9. The van der Waals surface area contributed by atoms with Crippen LogP contribution in [-0.4, -0.2) is 45.4 Å². The first-order valence-electron chi connectivity index (χ1n) is 9.01. The van der Waals surface area contributed by atoms with Gasteiger partial charge in [-0.05, 0) is 36.7 Å². The largest absolute Gasteiger partial charge is 0.340 e. The molecular weight excluding hydrogens is 398 g/mol. The molecule has 1 heterocycles. The molecular formula is C20H26ClN3O3S. The molecule has 0 unspecified atom stereocenters. The number of nitrogens with two attached hydrogens (primary N) is 1. The molecule has 152 valence electrons. The summed E-state index contributed by atoms with van der Waals surface area (Å²) in [6, 6.07) is 16.6. The van der Waals surface area contributed by atoms with Crippen molar-refractivity contribution in [3.63, 3.8) is 0 Å². The molecule has 1 aliphatic rings. The van der Waals surface area contributed by atoms with Gasteiger partial charge in [0, 0.05) is 31.5 Å². The van der Waals surface area contributed by atoms with E-state index < -0.39 is 10.0 Å². The summed E-state index contributed by atoms with van der Waals surface area (Å²) in [5, 5.41) is 0. The van der Waals surface area contributed by atoms with Gasteiger partial charge in [-0.15, -0.1) is 12.4 Å². The number of amides is 1. The number of aryl methyl sites for hydroxylation is 1. The molecule has 3 N–H and O–H groups in total. The van der Waals surface area contributed by atoms with Gasteiger partial charge in [0.1, 0.15) is 0 Å². The average Bonchev–Trinajstić information content (AvgIpc) is 3.09. The highest BCUT2D eigenvalue weighted by Gasteiger charge is 2.33. The molecule has 1 amide bonds. The maximum Gasteiger partial charge on any atom is 0.240 e. The minimum Gasteiger partial charge on any atom is -0.340 e. The number of rotatable bonds is 6. The van der Waals surface area contributed by atoms with Gasteiger partial charge in [-0.2, -0.15) is 0 Å². The summed E-state index contributed by atoms with van der Waals surface area (Å²) in [5.74, 6) is 0.247. The molecule has 2 aromatic rings. The maximum atomic E-state index is 12.6. The number of hydrogen-bond donors (Lipinski definition) is 2. The third-order valence-corrected chi connectivity index (χ3v) is 6.51. The van der Waals surface area contributed by atoms with Crippen molar-refractivity contribution in [3.05, 3.63) is 65.7 Å². The second-order valence-electron chi connectivity index (χ2n) is 6.83. The summed E-state index contributed by atoms with van der Waals surface area (Å²) < 4.78 is 25.8. The predicted molar refractivity (Wildman–Crippen MR) is 112 cm³/mol. The van der Waals surface area contributed by atoms with Gasteiger partial charge in [-0.3, -0.25) is 4.79 Å². The second-order valence-corrected chi connectivity index (χ2v) is 8.72. The Balaban J connectivity index is 0.00000280.